The summed E-state index contributed by atoms with van der Waals surface area (Å²) < 4.78 is 0. The van der Waals surface area contributed by atoms with Gasteiger partial charge in [-0.2, -0.15) is 4.99 Å². The van der Waals surface area contributed by atoms with Crippen molar-refractivity contribution in [3.8, 4) is 0 Å². The first kappa shape index (κ1) is 6.85. The molecule has 0 aliphatic heterocycles. The van der Waals surface area contributed by atoms with E-state index in [9.17, 15) is 9.59 Å². The summed E-state index contributed by atoms with van der Waals surface area (Å²) in [5.41, 5.74) is 0. The van der Waals surface area contributed by atoms with Crippen LogP contribution in [0.4, 0.5) is 0 Å². The van der Waals surface area contributed by atoms with Crippen LogP contribution >= 0.6 is 0 Å². The minimum Gasteiger partial charge on any atom is -0.336 e. The molecule has 0 aromatic carbocycles. The average molecular weight is 114 g/mol. The molecule has 0 saturated carbocycles. The Morgan fingerprint density at radius 1 is 1.88 bits per heavy atom. The molecule has 0 rings (SSSR count). The van der Waals surface area contributed by atoms with E-state index in [1.165, 1.54) is 6.08 Å². The number of hydrogen-bond donors (Lipinski definition) is 1. The number of amides is 1. The summed E-state index contributed by atoms with van der Waals surface area (Å²) in [5.74, 6) is 0. The van der Waals surface area contributed by atoms with E-state index in [1.54, 1.807) is 6.92 Å². The highest BCUT2D eigenvalue weighted by Crippen LogP contribution is 1.74. The van der Waals surface area contributed by atoms with Gasteiger partial charge in [0.15, 0.2) is 0 Å². The largest absolute Gasteiger partial charge is 0.336 e. The molecule has 1 atom stereocenters. The van der Waals surface area contributed by atoms with Crippen LogP contribution in [0.5, 0.6) is 0 Å². The molecule has 44 valence electrons. The van der Waals surface area contributed by atoms with Gasteiger partial charge < -0.3 is 5.32 Å². The molecule has 0 fully saturated rings. The predicted octanol–water partition coefficient (Wildman–Crippen LogP) is -0.586. The van der Waals surface area contributed by atoms with Crippen molar-refractivity contribution in [2.24, 2.45) is 4.99 Å². The number of aliphatic imine (C=N–C) groups is 1. The maximum absolute atomic E-state index is 9.59. The number of carbonyl (C=O) groups excluding carboxylic acids is 2. The number of isocyanates is 1. The van der Waals surface area contributed by atoms with Crippen molar-refractivity contribution in [2.45, 2.75) is 13.1 Å². The van der Waals surface area contributed by atoms with Crippen molar-refractivity contribution in [1.29, 1.82) is 0 Å². The summed E-state index contributed by atoms with van der Waals surface area (Å²) >= 11 is 0. The SMILES string of the molecule is CC(N=C=O)NC=O. The normalized spacial score (nSPS) is 11.1. The number of hydrogen-bond acceptors (Lipinski definition) is 3. The molecule has 0 spiro atoms. The van der Waals surface area contributed by atoms with E-state index in [0.29, 0.717) is 6.41 Å². The molecule has 4 nitrogen and oxygen atoms in total. The first-order chi connectivity index (χ1) is 3.81. The highest BCUT2D eigenvalue weighted by Gasteiger charge is 1.89. The molecule has 1 amide bonds. The van der Waals surface area contributed by atoms with Crippen LogP contribution in [-0.2, 0) is 9.59 Å². The molecule has 4 heteroatoms. The molecule has 0 heterocycles. The van der Waals surface area contributed by atoms with Gasteiger partial charge in [-0.05, 0) is 6.92 Å². The van der Waals surface area contributed by atoms with Crippen molar-refractivity contribution in [1.82, 2.24) is 5.32 Å². The van der Waals surface area contributed by atoms with Gasteiger partial charge in [0.1, 0.15) is 6.17 Å². The maximum Gasteiger partial charge on any atom is 0.237 e. The molecule has 0 aromatic rings. The van der Waals surface area contributed by atoms with Crippen molar-refractivity contribution in [3.05, 3.63) is 0 Å². The Labute approximate surface area is 46.6 Å². The Kier molecular flexibility index (Phi) is 3.44. The van der Waals surface area contributed by atoms with Crippen LogP contribution in [0.3, 0.4) is 0 Å². The molecule has 0 bridgehead atoms. The van der Waals surface area contributed by atoms with E-state index in [4.69, 9.17) is 0 Å². The predicted molar refractivity (Wildman–Crippen MR) is 26.8 cm³/mol. The van der Waals surface area contributed by atoms with Crippen LogP contribution in [0.2, 0.25) is 0 Å². The number of nitrogens with one attached hydrogen (secondary N) is 1. The zero-order chi connectivity index (χ0) is 6.41. The van der Waals surface area contributed by atoms with Gasteiger partial charge in [-0.1, -0.05) is 0 Å². The van der Waals surface area contributed by atoms with Gasteiger partial charge in [-0.25, -0.2) is 4.79 Å². The third-order valence-electron chi connectivity index (χ3n) is 0.556. The van der Waals surface area contributed by atoms with Crippen LogP contribution in [-0.4, -0.2) is 18.7 Å². The molecule has 1 N–H and O–H groups in total. The highest BCUT2D eigenvalue weighted by atomic mass is 16.1. The van der Waals surface area contributed by atoms with Gasteiger partial charge >= 0.3 is 0 Å². The third kappa shape index (κ3) is 3.06. The van der Waals surface area contributed by atoms with E-state index in [2.05, 4.69) is 10.3 Å². The topological polar surface area (TPSA) is 58.5 Å². The lowest BCUT2D eigenvalue weighted by Crippen LogP contribution is -2.21. The van der Waals surface area contributed by atoms with E-state index in [0.717, 1.165) is 0 Å². The summed E-state index contributed by atoms with van der Waals surface area (Å²) in [6.07, 6.45) is 1.33. The summed E-state index contributed by atoms with van der Waals surface area (Å²) in [7, 11) is 0. The summed E-state index contributed by atoms with van der Waals surface area (Å²) in [4.78, 5) is 22.2. The van der Waals surface area contributed by atoms with E-state index in [-0.39, 0.29) is 0 Å². The van der Waals surface area contributed by atoms with Crippen LogP contribution in [0.15, 0.2) is 4.99 Å². The minimum atomic E-state index is -0.454. The van der Waals surface area contributed by atoms with Crippen LogP contribution in [0.1, 0.15) is 6.92 Å². The fourth-order valence-corrected chi connectivity index (χ4v) is 0.215. The molecule has 0 aliphatic carbocycles. The number of nitrogens with zero attached hydrogens (tertiary/aromatic N) is 1. The lowest BCUT2D eigenvalue weighted by atomic mass is 10.6. The van der Waals surface area contributed by atoms with Crippen LogP contribution in [0.25, 0.3) is 0 Å². The lowest BCUT2D eigenvalue weighted by Gasteiger charge is -1.96. The van der Waals surface area contributed by atoms with Crippen LogP contribution < -0.4 is 5.32 Å². The Hall–Kier alpha value is -1.15. The fraction of sp³-hybridized carbons (Fsp3) is 0.500. The lowest BCUT2D eigenvalue weighted by molar-refractivity contribution is -0.110. The van der Waals surface area contributed by atoms with Crippen molar-refractivity contribution in [3.63, 3.8) is 0 Å². The first-order valence-corrected chi connectivity index (χ1v) is 2.08. The summed E-state index contributed by atoms with van der Waals surface area (Å²) in [6.45, 7) is 1.57. The Morgan fingerprint density at radius 3 is 2.88 bits per heavy atom. The van der Waals surface area contributed by atoms with Gasteiger partial charge in [-0.15, -0.1) is 0 Å². The first-order valence-electron chi connectivity index (χ1n) is 2.08. The van der Waals surface area contributed by atoms with E-state index in [1.807, 2.05) is 0 Å². The third-order valence-corrected chi connectivity index (χ3v) is 0.556. The second-order valence-corrected chi connectivity index (χ2v) is 1.18. The van der Waals surface area contributed by atoms with E-state index >= 15 is 0 Å². The van der Waals surface area contributed by atoms with Crippen molar-refractivity contribution >= 4 is 12.5 Å². The average Bonchev–Trinajstić information content (AvgIpc) is 1.68. The number of carbonyl (C=O) groups is 1. The molecular formula is C4H6N2O2. The smallest absolute Gasteiger partial charge is 0.237 e. The van der Waals surface area contributed by atoms with Gasteiger partial charge in [0.2, 0.25) is 12.5 Å². The number of rotatable bonds is 3. The monoisotopic (exact) mass is 114 g/mol. The van der Waals surface area contributed by atoms with E-state index < -0.39 is 6.17 Å². The quantitative estimate of drug-likeness (QED) is 0.303. The van der Waals surface area contributed by atoms with Gasteiger partial charge in [0.25, 0.3) is 0 Å². The zero-order valence-electron chi connectivity index (χ0n) is 4.42. The summed E-state index contributed by atoms with van der Waals surface area (Å²) in [5, 5.41) is 2.24. The Bertz CT molecular complexity index is 117. The van der Waals surface area contributed by atoms with Crippen LogP contribution in [0, 0.1) is 0 Å². The maximum atomic E-state index is 9.59. The molecule has 1 unspecified atom stereocenters. The van der Waals surface area contributed by atoms with Crippen molar-refractivity contribution < 1.29 is 9.59 Å². The second-order valence-electron chi connectivity index (χ2n) is 1.18. The van der Waals surface area contributed by atoms with Crippen molar-refractivity contribution in [2.75, 3.05) is 0 Å². The standard InChI is InChI=1S/C4H6N2O2/c1-4(5-2-7)6-3-8/h2,4H,1H3,(H,5,7). The summed E-state index contributed by atoms with van der Waals surface area (Å²) in [6, 6.07) is 0. The van der Waals surface area contributed by atoms with Gasteiger partial charge in [-0.3, -0.25) is 4.79 Å². The zero-order valence-corrected chi connectivity index (χ0v) is 4.42. The second kappa shape index (κ2) is 4.02. The molecule has 0 radical (unpaired) electrons. The molecule has 0 aromatic heterocycles. The molecular weight excluding hydrogens is 108 g/mol. The highest BCUT2D eigenvalue weighted by molar-refractivity contribution is 5.47. The molecule has 0 saturated heterocycles. The fourth-order valence-electron chi connectivity index (χ4n) is 0.215. The Morgan fingerprint density at radius 2 is 2.50 bits per heavy atom. The van der Waals surface area contributed by atoms with Gasteiger partial charge in [0.05, 0.1) is 0 Å². The Balaban J connectivity index is 3.46. The minimum absolute atomic E-state index is 0.454. The van der Waals surface area contributed by atoms with Gasteiger partial charge in [0, 0.05) is 0 Å². The molecule has 0 aliphatic rings. The molecule has 8 heavy (non-hydrogen) atoms.